The summed E-state index contributed by atoms with van der Waals surface area (Å²) in [4.78, 5) is 43.8. The highest BCUT2D eigenvalue weighted by Gasteiger charge is 2.50. The number of fused-ring (bicyclic) bond motifs is 1. The molecule has 2 N–H and O–H groups in total. The van der Waals surface area contributed by atoms with Crippen molar-refractivity contribution in [1.82, 2.24) is 20.5 Å². The van der Waals surface area contributed by atoms with E-state index < -0.39 is 17.5 Å². The minimum absolute atomic E-state index is 0.0180. The zero-order valence-corrected chi connectivity index (χ0v) is 18.0. The van der Waals surface area contributed by atoms with E-state index >= 15 is 0 Å². The van der Waals surface area contributed by atoms with Gasteiger partial charge in [-0.1, -0.05) is 31.2 Å². The molecule has 166 valence electrons. The van der Waals surface area contributed by atoms with E-state index in [2.05, 4.69) is 15.6 Å². The maximum Gasteiger partial charge on any atom is 0.322 e. The largest absolute Gasteiger partial charge is 0.457 e. The van der Waals surface area contributed by atoms with Crippen molar-refractivity contribution < 1.29 is 19.1 Å². The predicted molar refractivity (Wildman–Crippen MR) is 120 cm³/mol. The lowest BCUT2D eigenvalue weighted by molar-refractivity contribution is -0.124. The summed E-state index contributed by atoms with van der Waals surface area (Å²) < 4.78 is 5.80. The highest BCUT2D eigenvalue weighted by Crippen LogP contribution is 2.33. The summed E-state index contributed by atoms with van der Waals surface area (Å²) in [6, 6.07) is 15.7. The molecule has 0 bridgehead atoms. The van der Waals surface area contributed by atoms with Crippen molar-refractivity contribution in [3.63, 3.8) is 0 Å². The third kappa shape index (κ3) is 3.69. The van der Waals surface area contributed by atoms with Crippen LogP contribution >= 0.6 is 0 Å². The van der Waals surface area contributed by atoms with Gasteiger partial charge in [0.05, 0.1) is 6.54 Å². The first kappa shape index (κ1) is 20.7. The van der Waals surface area contributed by atoms with Crippen LogP contribution in [-0.4, -0.2) is 34.3 Å². The Morgan fingerprint density at radius 3 is 2.39 bits per heavy atom. The van der Waals surface area contributed by atoms with Crippen LogP contribution in [0.25, 0.3) is 0 Å². The molecule has 1 fully saturated rings. The van der Waals surface area contributed by atoms with Gasteiger partial charge in [0.15, 0.2) is 5.54 Å². The molecular formula is C25H22N4O4. The summed E-state index contributed by atoms with van der Waals surface area (Å²) in [6.45, 7) is 2.44. The molecule has 3 aromatic rings. The van der Waals surface area contributed by atoms with E-state index in [9.17, 15) is 14.4 Å². The van der Waals surface area contributed by atoms with Crippen molar-refractivity contribution in [3.8, 4) is 11.5 Å². The highest BCUT2D eigenvalue weighted by molar-refractivity contribution is 6.08. The molecule has 0 saturated carbocycles. The topological polar surface area (TPSA) is 101 Å². The van der Waals surface area contributed by atoms with Crippen LogP contribution in [0, 0.1) is 0 Å². The van der Waals surface area contributed by atoms with Crippen LogP contribution in [0.3, 0.4) is 0 Å². The molecular weight excluding hydrogens is 420 g/mol. The summed E-state index contributed by atoms with van der Waals surface area (Å²) in [5.41, 5.74) is 1.81. The molecule has 5 rings (SSSR count). The lowest BCUT2D eigenvalue weighted by atomic mass is 9.89. The van der Waals surface area contributed by atoms with E-state index in [0.29, 0.717) is 29.2 Å². The number of hydrogen-bond acceptors (Lipinski definition) is 5. The number of benzene rings is 2. The first-order valence-corrected chi connectivity index (χ1v) is 10.7. The molecule has 2 aromatic carbocycles. The first-order chi connectivity index (χ1) is 16.0. The Morgan fingerprint density at radius 2 is 1.73 bits per heavy atom. The molecule has 33 heavy (non-hydrogen) atoms. The van der Waals surface area contributed by atoms with Crippen molar-refractivity contribution in [3.05, 3.63) is 89.2 Å². The number of rotatable bonds is 6. The Hall–Kier alpha value is -4.20. The summed E-state index contributed by atoms with van der Waals surface area (Å²) >= 11 is 0. The third-order valence-corrected chi connectivity index (χ3v) is 6.06. The number of amides is 4. The average molecular weight is 442 g/mol. The SMILES string of the molecule is CCc1ccc2c(c1)C(=O)N(C[C@@]1(c3ccc(Oc4ccncc4)cc3)NC(=O)NC1=O)C2. The standard InChI is InChI=1S/C25H22N4O4/c1-2-16-3-4-17-14-29(22(30)21(17)13-16)15-25(23(31)27-24(32)28-25)18-5-7-19(8-6-18)33-20-9-11-26-12-10-20/h3-13H,2,14-15H2,1H3,(H2,27,28,31,32)/t25-/m0/s1. The van der Waals surface area contributed by atoms with Crippen LogP contribution in [0.15, 0.2) is 67.0 Å². The smallest absolute Gasteiger partial charge is 0.322 e. The molecule has 0 unspecified atom stereocenters. The molecule has 8 heteroatoms. The van der Waals surface area contributed by atoms with Crippen molar-refractivity contribution in [2.45, 2.75) is 25.4 Å². The number of carbonyl (C=O) groups excluding carboxylic acids is 3. The molecule has 0 aliphatic carbocycles. The molecule has 1 saturated heterocycles. The van der Waals surface area contributed by atoms with E-state index in [1.165, 1.54) is 0 Å². The number of carbonyl (C=O) groups is 3. The lowest BCUT2D eigenvalue weighted by Gasteiger charge is -2.31. The van der Waals surface area contributed by atoms with Gasteiger partial charge in [-0.3, -0.25) is 19.9 Å². The van der Waals surface area contributed by atoms with E-state index in [-0.39, 0.29) is 12.5 Å². The maximum atomic E-state index is 13.1. The molecule has 1 atom stereocenters. The van der Waals surface area contributed by atoms with Gasteiger partial charge in [-0.2, -0.15) is 0 Å². The second-order valence-electron chi connectivity index (χ2n) is 8.13. The van der Waals surface area contributed by atoms with Gasteiger partial charge in [0.2, 0.25) is 0 Å². The van der Waals surface area contributed by atoms with E-state index in [4.69, 9.17) is 4.74 Å². The Balaban J connectivity index is 1.43. The Morgan fingerprint density at radius 1 is 1.00 bits per heavy atom. The second-order valence-corrected chi connectivity index (χ2v) is 8.13. The first-order valence-electron chi connectivity index (χ1n) is 10.7. The highest BCUT2D eigenvalue weighted by atomic mass is 16.5. The van der Waals surface area contributed by atoms with Crippen molar-refractivity contribution in [2.75, 3.05) is 6.54 Å². The van der Waals surface area contributed by atoms with Gasteiger partial charge in [-0.15, -0.1) is 0 Å². The third-order valence-electron chi connectivity index (χ3n) is 6.06. The Bertz CT molecular complexity index is 1240. The van der Waals surface area contributed by atoms with Crippen LogP contribution in [-0.2, 0) is 23.3 Å². The number of aromatic nitrogens is 1. The quantitative estimate of drug-likeness (QED) is 0.572. The number of nitrogens with one attached hydrogen (secondary N) is 2. The second kappa shape index (κ2) is 8.05. The van der Waals surface area contributed by atoms with Gasteiger partial charge >= 0.3 is 6.03 Å². The van der Waals surface area contributed by atoms with Gasteiger partial charge in [-0.05, 0) is 53.4 Å². The molecule has 0 radical (unpaired) electrons. The number of imide groups is 1. The van der Waals surface area contributed by atoms with Crippen LogP contribution < -0.4 is 15.4 Å². The van der Waals surface area contributed by atoms with Crippen LogP contribution in [0.5, 0.6) is 11.5 Å². The summed E-state index contributed by atoms with van der Waals surface area (Å²) in [7, 11) is 0. The molecule has 8 nitrogen and oxygen atoms in total. The fraction of sp³-hybridized carbons (Fsp3) is 0.200. The fourth-order valence-electron chi connectivity index (χ4n) is 4.29. The number of aryl methyl sites for hydroxylation is 1. The predicted octanol–water partition coefficient (Wildman–Crippen LogP) is 3.13. The van der Waals surface area contributed by atoms with Crippen molar-refractivity contribution in [1.29, 1.82) is 0 Å². The van der Waals surface area contributed by atoms with Crippen molar-refractivity contribution >= 4 is 17.8 Å². The maximum absolute atomic E-state index is 13.1. The number of hydrogen-bond donors (Lipinski definition) is 2. The van der Waals surface area contributed by atoms with Gasteiger partial charge in [0, 0.05) is 24.5 Å². The van der Waals surface area contributed by atoms with Crippen LogP contribution in [0.4, 0.5) is 4.79 Å². The Kier molecular flexibility index (Phi) is 5.05. The number of pyridine rings is 1. The van der Waals surface area contributed by atoms with Gasteiger partial charge in [0.25, 0.3) is 11.8 Å². The number of nitrogens with zero attached hydrogens (tertiary/aromatic N) is 2. The fourth-order valence-corrected chi connectivity index (χ4v) is 4.29. The van der Waals surface area contributed by atoms with E-state index in [1.807, 2.05) is 25.1 Å². The molecule has 2 aliphatic heterocycles. The number of urea groups is 1. The lowest BCUT2D eigenvalue weighted by Crippen LogP contribution is -2.52. The minimum atomic E-state index is -1.39. The summed E-state index contributed by atoms with van der Waals surface area (Å²) in [6.07, 6.45) is 4.09. The number of ether oxygens (including phenoxy) is 1. The molecule has 0 spiro atoms. The minimum Gasteiger partial charge on any atom is -0.457 e. The zero-order valence-electron chi connectivity index (χ0n) is 18.0. The van der Waals surface area contributed by atoms with Gasteiger partial charge in [-0.25, -0.2) is 4.79 Å². The summed E-state index contributed by atoms with van der Waals surface area (Å²) in [5.74, 6) is 0.562. The monoisotopic (exact) mass is 442 g/mol. The van der Waals surface area contributed by atoms with Gasteiger partial charge in [0.1, 0.15) is 11.5 Å². The average Bonchev–Trinajstić information content (AvgIpc) is 3.29. The van der Waals surface area contributed by atoms with E-state index in [1.54, 1.807) is 53.7 Å². The molecule has 1 aromatic heterocycles. The van der Waals surface area contributed by atoms with Gasteiger partial charge < -0.3 is 15.0 Å². The molecule has 3 heterocycles. The Labute approximate surface area is 190 Å². The normalized spacial score (nSPS) is 19.3. The van der Waals surface area contributed by atoms with Crippen molar-refractivity contribution in [2.24, 2.45) is 0 Å². The van der Waals surface area contributed by atoms with E-state index in [0.717, 1.165) is 17.5 Å². The summed E-state index contributed by atoms with van der Waals surface area (Å²) in [5, 5.41) is 5.08. The van der Waals surface area contributed by atoms with Crippen LogP contribution in [0.2, 0.25) is 0 Å². The molecule has 4 amide bonds. The van der Waals surface area contributed by atoms with Crippen LogP contribution in [0.1, 0.15) is 34.0 Å². The zero-order chi connectivity index (χ0) is 23.0. The molecule has 2 aliphatic rings.